The van der Waals surface area contributed by atoms with E-state index in [0.29, 0.717) is 6.61 Å². The molecule has 0 bridgehead atoms. The Morgan fingerprint density at radius 3 is 2.16 bits per heavy atom. The van der Waals surface area contributed by atoms with Crippen molar-refractivity contribution in [3.05, 3.63) is 84.5 Å². The van der Waals surface area contributed by atoms with Crippen molar-refractivity contribution < 1.29 is 9.63 Å². The molecule has 1 atom stereocenters. The van der Waals surface area contributed by atoms with Crippen LogP contribution in [0.2, 0.25) is 0 Å². The Morgan fingerprint density at radius 2 is 1.60 bits per heavy atom. The predicted octanol–water partition coefficient (Wildman–Crippen LogP) is 4.33. The van der Waals surface area contributed by atoms with Crippen molar-refractivity contribution in [3.8, 4) is 0 Å². The van der Waals surface area contributed by atoms with Crippen LogP contribution in [0.1, 0.15) is 19.3 Å². The molecule has 1 saturated carbocycles. The van der Waals surface area contributed by atoms with Gasteiger partial charge >= 0.3 is 0 Å². The molecular weight excluding hydrogens is 327 g/mol. The summed E-state index contributed by atoms with van der Waals surface area (Å²) in [5.41, 5.74) is 2.55. The second kappa shape index (κ2) is 9.10. The SMILES string of the molecule is C=C1CC/C(=C\COP(c2ccccc2)c2ccccc2)C[C@H]1CO. The van der Waals surface area contributed by atoms with Crippen molar-refractivity contribution >= 4 is 18.8 Å². The predicted molar refractivity (Wildman–Crippen MR) is 107 cm³/mol. The molecule has 130 valence electrons. The van der Waals surface area contributed by atoms with Crippen LogP contribution in [-0.2, 0) is 4.52 Å². The average Bonchev–Trinajstić information content (AvgIpc) is 2.68. The van der Waals surface area contributed by atoms with E-state index in [1.165, 1.54) is 21.8 Å². The van der Waals surface area contributed by atoms with Crippen LogP contribution >= 0.6 is 8.15 Å². The summed E-state index contributed by atoms with van der Waals surface area (Å²) in [4.78, 5) is 0. The number of allylic oxidation sites excluding steroid dienone is 1. The molecule has 1 N–H and O–H groups in total. The molecule has 1 aliphatic carbocycles. The normalized spacial score (nSPS) is 19.5. The zero-order valence-corrected chi connectivity index (χ0v) is 15.4. The molecule has 2 nitrogen and oxygen atoms in total. The van der Waals surface area contributed by atoms with Crippen molar-refractivity contribution in [3.63, 3.8) is 0 Å². The number of aliphatic hydroxyl groups is 1. The summed E-state index contributed by atoms with van der Waals surface area (Å²) in [6.07, 6.45) is 5.13. The minimum Gasteiger partial charge on any atom is -0.396 e. The van der Waals surface area contributed by atoms with Gasteiger partial charge in [0.1, 0.15) is 0 Å². The van der Waals surface area contributed by atoms with Crippen LogP contribution in [0.15, 0.2) is 84.5 Å². The Kier molecular flexibility index (Phi) is 6.58. The van der Waals surface area contributed by atoms with Crippen LogP contribution in [0, 0.1) is 5.92 Å². The third-order valence-corrected chi connectivity index (χ3v) is 6.57. The monoisotopic (exact) mass is 352 g/mol. The van der Waals surface area contributed by atoms with Crippen LogP contribution < -0.4 is 10.6 Å². The maximum Gasteiger partial charge on any atom is 0.0922 e. The van der Waals surface area contributed by atoms with Gasteiger partial charge in [-0.15, -0.1) is 0 Å². The quantitative estimate of drug-likeness (QED) is 0.619. The van der Waals surface area contributed by atoms with Gasteiger partial charge in [0, 0.05) is 23.1 Å². The highest BCUT2D eigenvalue weighted by Gasteiger charge is 2.20. The number of hydrogen-bond donors (Lipinski definition) is 1. The summed E-state index contributed by atoms with van der Waals surface area (Å²) in [5, 5.41) is 11.9. The molecule has 0 saturated heterocycles. The highest BCUT2D eigenvalue weighted by Crippen LogP contribution is 2.36. The van der Waals surface area contributed by atoms with Gasteiger partial charge in [0.2, 0.25) is 0 Å². The largest absolute Gasteiger partial charge is 0.396 e. The summed E-state index contributed by atoms with van der Waals surface area (Å²) in [6, 6.07) is 20.9. The second-order valence-corrected chi connectivity index (χ2v) is 8.25. The fourth-order valence-electron chi connectivity index (χ4n) is 3.12. The van der Waals surface area contributed by atoms with Gasteiger partial charge < -0.3 is 9.63 Å². The van der Waals surface area contributed by atoms with Crippen LogP contribution in [-0.4, -0.2) is 18.3 Å². The van der Waals surface area contributed by atoms with E-state index in [2.05, 4.69) is 61.2 Å². The molecule has 0 spiro atoms. The van der Waals surface area contributed by atoms with E-state index < -0.39 is 8.15 Å². The molecule has 3 rings (SSSR count). The van der Waals surface area contributed by atoms with E-state index >= 15 is 0 Å². The van der Waals surface area contributed by atoms with E-state index in [1.54, 1.807) is 0 Å². The molecule has 1 aliphatic rings. The highest BCUT2D eigenvalue weighted by molar-refractivity contribution is 7.68. The zero-order chi connectivity index (χ0) is 17.5. The first-order valence-electron chi connectivity index (χ1n) is 8.77. The average molecular weight is 352 g/mol. The van der Waals surface area contributed by atoms with Crippen molar-refractivity contribution in [2.45, 2.75) is 19.3 Å². The number of hydrogen-bond acceptors (Lipinski definition) is 2. The van der Waals surface area contributed by atoms with Crippen LogP contribution in [0.25, 0.3) is 0 Å². The summed E-state index contributed by atoms with van der Waals surface area (Å²) in [7, 11) is -0.813. The van der Waals surface area contributed by atoms with Crippen molar-refractivity contribution in [2.75, 3.05) is 13.2 Å². The van der Waals surface area contributed by atoms with Crippen LogP contribution in [0.5, 0.6) is 0 Å². The van der Waals surface area contributed by atoms with E-state index in [1.807, 2.05) is 12.1 Å². The van der Waals surface area contributed by atoms with E-state index in [4.69, 9.17) is 4.52 Å². The lowest BCUT2D eigenvalue weighted by Crippen LogP contribution is -2.16. The Labute approximate surface area is 151 Å². The topological polar surface area (TPSA) is 29.5 Å². The van der Waals surface area contributed by atoms with Gasteiger partial charge in [0.25, 0.3) is 0 Å². The molecule has 25 heavy (non-hydrogen) atoms. The van der Waals surface area contributed by atoms with E-state index in [9.17, 15) is 5.11 Å². The standard InChI is InChI=1S/C22H25O2P/c1-18-12-13-19(16-20(18)17-23)14-15-24-25(21-8-4-2-5-9-21)22-10-6-3-7-11-22/h2-11,14,20,23H,1,12-13,15-17H2/b19-14+/t20-/m0/s1. The van der Waals surface area contributed by atoms with Crippen molar-refractivity contribution in [1.82, 2.24) is 0 Å². The molecule has 1 fully saturated rings. The maximum absolute atomic E-state index is 9.47. The van der Waals surface area contributed by atoms with Crippen molar-refractivity contribution in [1.29, 1.82) is 0 Å². The Bertz CT molecular complexity index is 670. The molecule has 2 aromatic rings. The van der Waals surface area contributed by atoms with Gasteiger partial charge in [-0.05, 0) is 19.3 Å². The molecule has 0 unspecified atom stereocenters. The molecule has 2 aromatic carbocycles. The molecule has 0 radical (unpaired) electrons. The Morgan fingerprint density at radius 1 is 1.00 bits per heavy atom. The fraction of sp³-hybridized carbons (Fsp3) is 0.273. The van der Waals surface area contributed by atoms with E-state index in [0.717, 1.165) is 19.3 Å². The van der Waals surface area contributed by atoms with Gasteiger partial charge in [-0.25, -0.2) is 0 Å². The second-order valence-electron chi connectivity index (χ2n) is 6.37. The van der Waals surface area contributed by atoms with Gasteiger partial charge in [0.15, 0.2) is 0 Å². The smallest absolute Gasteiger partial charge is 0.0922 e. The lowest BCUT2D eigenvalue weighted by atomic mass is 9.82. The third-order valence-electron chi connectivity index (χ3n) is 4.63. The number of benzene rings is 2. The van der Waals surface area contributed by atoms with Gasteiger partial charge in [0.05, 0.1) is 14.8 Å². The van der Waals surface area contributed by atoms with Gasteiger partial charge in [-0.2, -0.15) is 0 Å². The molecular formula is C22H25O2P. The molecule has 0 amide bonds. The third kappa shape index (κ3) is 4.89. The molecule has 3 heteroatoms. The van der Waals surface area contributed by atoms with Gasteiger partial charge in [-0.1, -0.05) is 84.5 Å². The highest BCUT2D eigenvalue weighted by atomic mass is 31.1. The number of rotatable bonds is 6. The number of aliphatic hydroxyl groups excluding tert-OH is 1. The first-order chi connectivity index (χ1) is 12.3. The Balaban J connectivity index is 1.69. The first-order valence-corrected chi connectivity index (χ1v) is 10.0. The maximum atomic E-state index is 9.47. The lowest BCUT2D eigenvalue weighted by Gasteiger charge is -2.25. The Hall–Kier alpha value is -1.73. The fourth-order valence-corrected chi connectivity index (χ4v) is 4.83. The molecule has 0 heterocycles. The van der Waals surface area contributed by atoms with Crippen molar-refractivity contribution in [2.24, 2.45) is 5.92 Å². The molecule has 0 aromatic heterocycles. The minimum absolute atomic E-state index is 0.192. The summed E-state index contributed by atoms with van der Waals surface area (Å²) >= 11 is 0. The van der Waals surface area contributed by atoms with Crippen LogP contribution in [0.3, 0.4) is 0 Å². The zero-order valence-electron chi connectivity index (χ0n) is 14.5. The summed E-state index contributed by atoms with van der Waals surface area (Å²) in [5.74, 6) is 0.213. The minimum atomic E-state index is -0.813. The van der Waals surface area contributed by atoms with Crippen LogP contribution in [0.4, 0.5) is 0 Å². The van der Waals surface area contributed by atoms with E-state index in [-0.39, 0.29) is 12.5 Å². The summed E-state index contributed by atoms with van der Waals surface area (Å²) < 4.78 is 6.32. The lowest BCUT2D eigenvalue weighted by molar-refractivity contribution is 0.237. The summed E-state index contributed by atoms with van der Waals surface area (Å²) in [6.45, 7) is 4.87. The van der Waals surface area contributed by atoms with Gasteiger partial charge in [-0.3, -0.25) is 0 Å². The first kappa shape index (κ1) is 18.1. The molecule has 0 aliphatic heterocycles.